The molecular formula is C28H28N2O7. The molecule has 0 fully saturated rings. The normalized spacial score (nSPS) is 10.4. The molecule has 37 heavy (non-hydrogen) atoms. The molecule has 0 saturated carbocycles. The van der Waals surface area contributed by atoms with Crippen molar-refractivity contribution in [1.29, 1.82) is 0 Å². The van der Waals surface area contributed by atoms with Crippen LogP contribution >= 0.6 is 0 Å². The molecule has 2 amide bonds. The van der Waals surface area contributed by atoms with E-state index in [0.29, 0.717) is 28.4 Å². The number of ether oxygens (including phenoxy) is 3. The molecule has 3 aromatic carbocycles. The fourth-order valence-electron chi connectivity index (χ4n) is 3.06. The molecule has 9 heteroatoms. The van der Waals surface area contributed by atoms with Gasteiger partial charge in [-0.25, -0.2) is 4.79 Å². The Balaban J connectivity index is 1.34. The maximum Gasteiger partial charge on any atom is 0.338 e. The van der Waals surface area contributed by atoms with Gasteiger partial charge < -0.3 is 24.8 Å². The highest BCUT2D eigenvalue weighted by Crippen LogP contribution is 2.22. The Hall–Kier alpha value is -4.66. The Morgan fingerprint density at radius 3 is 1.89 bits per heavy atom. The van der Waals surface area contributed by atoms with E-state index in [1.165, 1.54) is 12.1 Å². The molecule has 0 atom stereocenters. The zero-order valence-electron chi connectivity index (χ0n) is 20.6. The third-order valence-electron chi connectivity index (χ3n) is 4.78. The van der Waals surface area contributed by atoms with Crippen molar-refractivity contribution in [1.82, 2.24) is 0 Å². The summed E-state index contributed by atoms with van der Waals surface area (Å²) >= 11 is 0. The lowest BCUT2D eigenvalue weighted by molar-refractivity contribution is -0.147. The quantitative estimate of drug-likeness (QED) is 0.355. The number of hydrogen-bond donors (Lipinski definition) is 2. The molecule has 3 rings (SSSR count). The summed E-state index contributed by atoms with van der Waals surface area (Å²) in [6.45, 7) is 3.04. The number of hydrogen-bond acceptors (Lipinski definition) is 7. The number of para-hydroxylation sites is 1. The number of nitrogens with one attached hydrogen (secondary N) is 2. The summed E-state index contributed by atoms with van der Waals surface area (Å²) in [5.41, 5.74) is 1.35. The van der Waals surface area contributed by atoms with Crippen molar-refractivity contribution in [2.45, 2.75) is 32.8 Å². The molecule has 9 nitrogen and oxygen atoms in total. The Morgan fingerprint density at radius 1 is 0.703 bits per heavy atom. The van der Waals surface area contributed by atoms with Gasteiger partial charge in [0, 0.05) is 17.8 Å². The van der Waals surface area contributed by atoms with Crippen molar-refractivity contribution in [3.05, 3.63) is 84.4 Å². The van der Waals surface area contributed by atoms with Crippen molar-refractivity contribution in [2.24, 2.45) is 0 Å². The van der Waals surface area contributed by atoms with Gasteiger partial charge in [-0.2, -0.15) is 0 Å². The van der Waals surface area contributed by atoms with Gasteiger partial charge in [0.15, 0.2) is 6.61 Å². The topological polar surface area (TPSA) is 120 Å². The number of anilines is 2. The number of benzene rings is 3. The zero-order valence-corrected chi connectivity index (χ0v) is 20.6. The van der Waals surface area contributed by atoms with Crippen LogP contribution in [0.3, 0.4) is 0 Å². The number of carbonyl (C=O) groups excluding carboxylic acids is 4. The maximum absolute atomic E-state index is 12.1. The Labute approximate surface area is 214 Å². The van der Waals surface area contributed by atoms with Gasteiger partial charge in [-0.05, 0) is 74.5 Å². The van der Waals surface area contributed by atoms with Gasteiger partial charge in [-0.3, -0.25) is 14.4 Å². The van der Waals surface area contributed by atoms with Crippen LogP contribution in [0.2, 0.25) is 0 Å². The molecule has 0 aliphatic carbocycles. The first-order chi connectivity index (χ1) is 17.8. The van der Waals surface area contributed by atoms with Gasteiger partial charge in [-0.1, -0.05) is 18.2 Å². The summed E-state index contributed by atoms with van der Waals surface area (Å²) in [7, 11) is 0. The summed E-state index contributed by atoms with van der Waals surface area (Å²) in [4.78, 5) is 48.0. The van der Waals surface area contributed by atoms with E-state index in [4.69, 9.17) is 14.2 Å². The lowest BCUT2D eigenvalue weighted by Crippen LogP contribution is -2.21. The van der Waals surface area contributed by atoms with Crippen LogP contribution < -0.4 is 15.4 Å². The predicted molar refractivity (Wildman–Crippen MR) is 137 cm³/mol. The van der Waals surface area contributed by atoms with Crippen molar-refractivity contribution in [3.8, 4) is 11.5 Å². The maximum atomic E-state index is 12.1. The Bertz CT molecular complexity index is 1210. The van der Waals surface area contributed by atoms with E-state index in [-0.39, 0.29) is 18.9 Å². The molecule has 0 bridgehead atoms. The van der Waals surface area contributed by atoms with E-state index in [1.807, 2.05) is 30.3 Å². The first-order valence-electron chi connectivity index (χ1n) is 11.7. The average Bonchev–Trinajstić information content (AvgIpc) is 2.88. The molecule has 0 aromatic heterocycles. The molecule has 0 aliphatic heterocycles. The molecule has 0 spiro atoms. The van der Waals surface area contributed by atoms with Crippen LogP contribution in [-0.4, -0.2) is 36.5 Å². The summed E-state index contributed by atoms with van der Waals surface area (Å²) in [6.07, 6.45) is -0.547. The Morgan fingerprint density at radius 2 is 1.27 bits per heavy atom. The van der Waals surface area contributed by atoms with Crippen LogP contribution in [0.25, 0.3) is 0 Å². The first kappa shape index (κ1) is 26.9. The number of rotatable bonds is 11. The summed E-state index contributed by atoms with van der Waals surface area (Å²) in [5.74, 6) is -0.736. The summed E-state index contributed by atoms with van der Waals surface area (Å²) < 4.78 is 15.7. The lowest BCUT2D eigenvalue weighted by atomic mass is 10.2. The van der Waals surface area contributed by atoms with E-state index in [9.17, 15) is 19.2 Å². The van der Waals surface area contributed by atoms with Crippen LogP contribution in [0.1, 0.15) is 37.0 Å². The molecule has 2 N–H and O–H groups in total. The Kier molecular flexibility index (Phi) is 9.78. The molecule has 0 radical (unpaired) electrons. The fraction of sp³-hybridized carbons (Fsp3) is 0.214. The first-order valence-corrected chi connectivity index (χ1v) is 11.7. The minimum Gasteiger partial charge on any atom is -0.459 e. The van der Waals surface area contributed by atoms with Crippen molar-refractivity contribution in [3.63, 3.8) is 0 Å². The van der Waals surface area contributed by atoms with Crippen LogP contribution in [0.4, 0.5) is 11.4 Å². The van der Waals surface area contributed by atoms with Gasteiger partial charge in [0.25, 0.3) is 5.91 Å². The third-order valence-corrected chi connectivity index (χ3v) is 4.78. The van der Waals surface area contributed by atoms with Gasteiger partial charge in [0.1, 0.15) is 11.5 Å². The van der Waals surface area contributed by atoms with Crippen molar-refractivity contribution < 1.29 is 33.4 Å². The van der Waals surface area contributed by atoms with E-state index in [2.05, 4.69) is 10.6 Å². The van der Waals surface area contributed by atoms with Crippen LogP contribution in [0, 0.1) is 0 Å². The molecular weight excluding hydrogens is 476 g/mol. The van der Waals surface area contributed by atoms with Crippen LogP contribution in [0.5, 0.6) is 11.5 Å². The molecule has 3 aromatic rings. The van der Waals surface area contributed by atoms with Gasteiger partial charge in [0.2, 0.25) is 5.91 Å². The second kappa shape index (κ2) is 13.4. The molecule has 0 saturated heterocycles. The highest BCUT2D eigenvalue weighted by molar-refractivity contribution is 5.95. The SMILES string of the molecule is CC(C)OC(=O)c1ccc(NC(=O)CCC(=O)OCC(=O)Nc2ccc(Oc3ccccc3)cc2)cc1. The number of carbonyl (C=O) groups is 4. The van der Waals surface area contributed by atoms with E-state index < -0.39 is 30.4 Å². The lowest BCUT2D eigenvalue weighted by Gasteiger charge is -2.09. The minimum atomic E-state index is -0.677. The highest BCUT2D eigenvalue weighted by atomic mass is 16.5. The third kappa shape index (κ3) is 9.48. The second-order valence-electron chi connectivity index (χ2n) is 8.23. The molecule has 192 valence electrons. The van der Waals surface area contributed by atoms with E-state index in [0.717, 1.165) is 0 Å². The highest BCUT2D eigenvalue weighted by Gasteiger charge is 2.12. The van der Waals surface area contributed by atoms with Gasteiger partial charge in [0.05, 0.1) is 18.1 Å². The van der Waals surface area contributed by atoms with Crippen molar-refractivity contribution in [2.75, 3.05) is 17.2 Å². The smallest absolute Gasteiger partial charge is 0.338 e. The standard InChI is InChI=1S/C28H28N2O7/c1-19(2)36-28(34)20-8-10-21(11-9-20)29-25(31)16-17-27(33)35-18-26(32)30-22-12-14-24(15-13-22)37-23-6-4-3-5-7-23/h3-15,19H,16-18H2,1-2H3,(H,29,31)(H,30,32). The number of esters is 2. The van der Waals surface area contributed by atoms with Crippen LogP contribution in [-0.2, 0) is 23.9 Å². The predicted octanol–water partition coefficient (Wildman–Crippen LogP) is 4.94. The summed E-state index contributed by atoms with van der Waals surface area (Å²) in [5, 5.41) is 5.26. The van der Waals surface area contributed by atoms with Crippen LogP contribution in [0.15, 0.2) is 78.9 Å². The average molecular weight is 505 g/mol. The second-order valence-corrected chi connectivity index (χ2v) is 8.23. The zero-order chi connectivity index (χ0) is 26.6. The monoisotopic (exact) mass is 504 g/mol. The molecule has 0 heterocycles. The molecule has 0 aliphatic rings. The van der Waals surface area contributed by atoms with E-state index in [1.54, 1.807) is 50.2 Å². The molecule has 0 unspecified atom stereocenters. The van der Waals surface area contributed by atoms with E-state index >= 15 is 0 Å². The summed E-state index contributed by atoms with van der Waals surface area (Å²) in [6, 6.07) is 22.3. The fourth-order valence-corrected chi connectivity index (χ4v) is 3.06. The van der Waals surface area contributed by atoms with Gasteiger partial charge in [-0.15, -0.1) is 0 Å². The largest absolute Gasteiger partial charge is 0.459 e. The van der Waals surface area contributed by atoms with Gasteiger partial charge >= 0.3 is 11.9 Å². The van der Waals surface area contributed by atoms with Crippen molar-refractivity contribution >= 4 is 35.1 Å². The number of amides is 2. The minimum absolute atomic E-state index is 0.125.